The van der Waals surface area contributed by atoms with Gasteiger partial charge in [0.2, 0.25) is 11.8 Å². The molecule has 1 unspecified atom stereocenters. The minimum absolute atomic E-state index is 0.0324. The second-order valence-corrected chi connectivity index (χ2v) is 11.1. The smallest absolute Gasteiger partial charge is 0.269 e. The van der Waals surface area contributed by atoms with Gasteiger partial charge >= 0.3 is 0 Å². The molecule has 1 saturated carbocycles. The summed E-state index contributed by atoms with van der Waals surface area (Å²) in [4.78, 5) is 40.2. The van der Waals surface area contributed by atoms with E-state index in [9.17, 15) is 27.2 Å². The molecule has 1 N–H and O–H groups in total. The van der Waals surface area contributed by atoms with Crippen LogP contribution in [0.25, 0.3) is 0 Å². The SMILES string of the molecule is CC(C(=O)NC1CCCCC1)N(Cc1ccccc1F)C(=O)CCN1C(=O)c2ccccc2S1(=O)=O. The quantitative estimate of drug-likeness (QED) is 0.581. The maximum absolute atomic E-state index is 14.4. The second-order valence-electron chi connectivity index (χ2n) is 9.26. The summed E-state index contributed by atoms with van der Waals surface area (Å²) < 4.78 is 40.8. The number of hydrogen-bond donors (Lipinski definition) is 1. The van der Waals surface area contributed by atoms with Crippen LogP contribution in [0.4, 0.5) is 4.39 Å². The molecule has 0 bridgehead atoms. The number of sulfonamides is 1. The fourth-order valence-electron chi connectivity index (χ4n) is 4.75. The maximum Gasteiger partial charge on any atom is 0.269 e. The first-order valence-corrected chi connectivity index (χ1v) is 13.6. The highest BCUT2D eigenvalue weighted by Gasteiger charge is 2.41. The third-order valence-electron chi connectivity index (χ3n) is 6.86. The van der Waals surface area contributed by atoms with E-state index in [0.29, 0.717) is 4.31 Å². The molecule has 2 aromatic carbocycles. The zero-order chi connectivity index (χ0) is 25.9. The molecule has 0 saturated heterocycles. The predicted octanol–water partition coefficient (Wildman–Crippen LogP) is 3.23. The molecular weight excluding hydrogens is 485 g/mol. The van der Waals surface area contributed by atoms with Crippen molar-refractivity contribution < 1.29 is 27.2 Å². The minimum atomic E-state index is -4.06. The highest BCUT2D eigenvalue weighted by Crippen LogP contribution is 2.30. The van der Waals surface area contributed by atoms with Gasteiger partial charge in [-0.05, 0) is 38.0 Å². The van der Waals surface area contributed by atoms with Gasteiger partial charge in [-0.15, -0.1) is 0 Å². The largest absolute Gasteiger partial charge is 0.352 e. The molecular formula is C26H30FN3O5S. The van der Waals surface area contributed by atoms with E-state index in [1.54, 1.807) is 19.1 Å². The summed E-state index contributed by atoms with van der Waals surface area (Å²) in [6.07, 6.45) is 4.58. The number of nitrogens with zero attached hydrogens (tertiary/aromatic N) is 2. The van der Waals surface area contributed by atoms with E-state index in [1.165, 1.54) is 41.3 Å². The molecule has 2 aliphatic rings. The lowest BCUT2D eigenvalue weighted by molar-refractivity contribution is -0.141. The Labute approximate surface area is 210 Å². The molecule has 8 nitrogen and oxygen atoms in total. The Morgan fingerprint density at radius 1 is 1.08 bits per heavy atom. The van der Waals surface area contributed by atoms with E-state index in [0.717, 1.165) is 32.1 Å². The first-order chi connectivity index (χ1) is 17.2. The Balaban J connectivity index is 1.51. The van der Waals surface area contributed by atoms with Gasteiger partial charge in [0.15, 0.2) is 0 Å². The molecule has 1 aliphatic carbocycles. The van der Waals surface area contributed by atoms with Crippen LogP contribution in [-0.2, 0) is 26.2 Å². The standard InChI is InChI=1S/C26H30FN3O5S/c1-18(25(32)28-20-10-3-2-4-11-20)29(17-19-9-5-7-13-22(19)27)24(31)15-16-30-26(33)21-12-6-8-14-23(21)36(30,34)35/h5-9,12-14,18,20H,2-4,10-11,15-17H2,1H3,(H,28,32). The number of rotatable bonds is 8. The van der Waals surface area contributed by atoms with Gasteiger partial charge in [-0.1, -0.05) is 49.6 Å². The summed E-state index contributed by atoms with van der Waals surface area (Å²) in [7, 11) is -4.06. The summed E-state index contributed by atoms with van der Waals surface area (Å²) in [6.45, 7) is 1.04. The van der Waals surface area contributed by atoms with Gasteiger partial charge in [0.1, 0.15) is 16.8 Å². The van der Waals surface area contributed by atoms with Crippen LogP contribution in [-0.4, -0.2) is 54.0 Å². The Kier molecular flexibility index (Phi) is 7.73. The van der Waals surface area contributed by atoms with Gasteiger partial charge in [0.25, 0.3) is 15.9 Å². The minimum Gasteiger partial charge on any atom is -0.352 e. The zero-order valence-corrected chi connectivity index (χ0v) is 21.0. The van der Waals surface area contributed by atoms with Gasteiger partial charge in [-0.25, -0.2) is 17.1 Å². The Hall–Kier alpha value is -3.27. The normalized spacial score (nSPS) is 17.9. The fourth-order valence-corrected chi connectivity index (χ4v) is 6.32. The molecule has 0 aromatic heterocycles. The average molecular weight is 516 g/mol. The Morgan fingerprint density at radius 2 is 1.75 bits per heavy atom. The molecule has 1 aliphatic heterocycles. The lowest BCUT2D eigenvalue weighted by Crippen LogP contribution is -2.51. The van der Waals surface area contributed by atoms with Crippen LogP contribution < -0.4 is 5.32 Å². The number of carbonyl (C=O) groups excluding carboxylic acids is 3. The second kappa shape index (κ2) is 10.8. The molecule has 192 valence electrons. The van der Waals surface area contributed by atoms with Crippen LogP contribution >= 0.6 is 0 Å². The van der Waals surface area contributed by atoms with Crippen molar-refractivity contribution in [3.63, 3.8) is 0 Å². The fraction of sp³-hybridized carbons (Fsp3) is 0.423. The van der Waals surface area contributed by atoms with Gasteiger partial charge in [-0.3, -0.25) is 14.4 Å². The van der Waals surface area contributed by atoms with E-state index in [1.807, 2.05) is 0 Å². The number of hydrogen-bond acceptors (Lipinski definition) is 5. The lowest BCUT2D eigenvalue weighted by Gasteiger charge is -2.31. The molecule has 36 heavy (non-hydrogen) atoms. The Morgan fingerprint density at radius 3 is 2.44 bits per heavy atom. The number of halogens is 1. The van der Waals surface area contributed by atoms with Crippen LogP contribution in [0.3, 0.4) is 0 Å². The molecule has 10 heteroatoms. The van der Waals surface area contributed by atoms with Crippen molar-refractivity contribution in [3.05, 3.63) is 65.5 Å². The maximum atomic E-state index is 14.4. The van der Waals surface area contributed by atoms with Crippen molar-refractivity contribution in [2.24, 2.45) is 0 Å². The number of benzene rings is 2. The summed E-state index contributed by atoms with van der Waals surface area (Å²) in [6, 6.07) is 11.0. The first-order valence-electron chi connectivity index (χ1n) is 12.2. The van der Waals surface area contributed by atoms with E-state index < -0.39 is 33.7 Å². The van der Waals surface area contributed by atoms with Crippen LogP contribution in [0.5, 0.6) is 0 Å². The molecule has 0 radical (unpaired) electrons. The van der Waals surface area contributed by atoms with Gasteiger partial charge in [0, 0.05) is 31.1 Å². The third kappa shape index (κ3) is 5.28. The summed E-state index contributed by atoms with van der Waals surface area (Å²) in [5.41, 5.74) is 0.300. The van der Waals surface area contributed by atoms with Crippen molar-refractivity contribution in [1.82, 2.24) is 14.5 Å². The number of carbonyl (C=O) groups is 3. The topological polar surface area (TPSA) is 104 Å². The number of amides is 3. The van der Waals surface area contributed by atoms with Crippen LogP contribution in [0.15, 0.2) is 53.4 Å². The Bertz CT molecular complexity index is 1260. The van der Waals surface area contributed by atoms with E-state index >= 15 is 0 Å². The van der Waals surface area contributed by atoms with E-state index in [4.69, 9.17) is 0 Å². The molecule has 1 fully saturated rings. The molecule has 3 amide bonds. The first kappa shape index (κ1) is 25.8. The van der Waals surface area contributed by atoms with Crippen molar-refractivity contribution in [2.45, 2.75) is 69.0 Å². The van der Waals surface area contributed by atoms with E-state index in [-0.39, 0.29) is 47.5 Å². The van der Waals surface area contributed by atoms with E-state index in [2.05, 4.69) is 5.32 Å². The van der Waals surface area contributed by atoms with Crippen molar-refractivity contribution >= 4 is 27.7 Å². The molecule has 4 rings (SSSR count). The molecule has 0 spiro atoms. The van der Waals surface area contributed by atoms with Crippen LogP contribution in [0.1, 0.15) is 61.4 Å². The zero-order valence-electron chi connectivity index (χ0n) is 20.2. The van der Waals surface area contributed by atoms with Crippen molar-refractivity contribution in [3.8, 4) is 0 Å². The lowest BCUT2D eigenvalue weighted by atomic mass is 9.95. The van der Waals surface area contributed by atoms with Gasteiger partial charge < -0.3 is 10.2 Å². The summed E-state index contributed by atoms with van der Waals surface area (Å²) in [5.74, 6) is -2.10. The summed E-state index contributed by atoms with van der Waals surface area (Å²) in [5, 5.41) is 3.00. The van der Waals surface area contributed by atoms with Crippen molar-refractivity contribution in [2.75, 3.05) is 6.54 Å². The predicted molar refractivity (Wildman–Crippen MR) is 131 cm³/mol. The highest BCUT2D eigenvalue weighted by atomic mass is 32.2. The number of nitrogens with one attached hydrogen (secondary N) is 1. The molecule has 1 heterocycles. The monoisotopic (exact) mass is 515 g/mol. The van der Waals surface area contributed by atoms with Crippen molar-refractivity contribution in [1.29, 1.82) is 0 Å². The highest BCUT2D eigenvalue weighted by molar-refractivity contribution is 7.90. The molecule has 1 atom stereocenters. The van der Waals surface area contributed by atoms with Crippen LogP contribution in [0, 0.1) is 5.82 Å². The van der Waals surface area contributed by atoms with Crippen LogP contribution in [0.2, 0.25) is 0 Å². The average Bonchev–Trinajstić information content (AvgIpc) is 3.07. The molecule has 2 aromatic rings. The number of fused-ring (bicyclic) bond motifs is 1. The van der Waals surface area contributed by atoms with Gasteiger partial charge in [-0.2, -0.15) is 0 Å². The van der Waals surface area contributed by atoms with Gasteiger partial charge in [0.05, 0.1) is 5.56 Å². The summed E-state index contributed by atoms with van der Waals surface area (Å²) >= 11 is 0. The third-order valence-corrected chi connectivity index (χ3v) is 8.70.